The quantitative estimate of drug-likeness (QED) is 0.241. The van der Waals surface area contributed by atoms with Crippen molar-refractivity contribution >= 4 is 29.5 Å². The lowest BCUT2D eigenvalue weighted by Crippen LogP contribution is -2.49. The smallest absolute Gasteiger partial charge is 0.408 e. The van der Waals surface area contributed by atoms with Crippen molar-refractivity contribution in [2.75, 3.05) is 41.7 Å². The van der Waals surface area contributed by atoms with Crippen LogP contribution in [0.3, 0.4) is 0 Å². The minimum Gasteiger partial charge on any atom is -0.480 e. The Hall–Kier alpha value is -4.41. The fourth-order valence-corrected chi connectivity index (χ4v) is 4.31. The van der Waals surface area contributed by atoms with Gasteiger partial charge in [0.05, 0.1) is 6.54 Å². The molecule has 4 rings (SSSR count). The van der Waals surface area contributed by atoms with Gasteiger partial charge in [0.1, 0.15) is 36.4 Å². The number of carboxylic acids is 1. The van der Waals surface area contributed by atoms with Crippen LogP contribution < -0.4 is 20.9 Å². The third-order valence-corrected chi connectivity index (χ3v) is 6.43. The zero-order chi connectivity index (χ0) is 27.5. The number of nitrogens with zero attached hydrogens (tertiary/aromatic N) is 4. The summed E-state index contributed by atoms with van der Waals surface area (Å²) in [4.78, 5) is 39.2. The predicted octanol–water partition coefficient (Wildman–Crippen LogP) is 3.48. The van der Waals surface area contributed by atoms with Gasteiger partial charge in [0.25, 0.3) is 0 Å². The number of anilines is 3. The number of carbonyl (C=O) groups is 2. The van der Waals surface area contributed by atoms with Crippen LogP contribution in [0, 0.1) is 0 Å². The lowest BCUT2D eigenvalue weighted by molar-refractivity contribution is -0.139. The molecular formula is C28H35N7O4. The van der Waals surface area contributed by atoms with Gasteiger partial charge in [-0.05, 0) is 49.8 Å². The molecule has 1 atom stereocenters. The van der Waals surface area contributed by atoms with Crippen LogP contribution >= 0.6 is 0 Å². The third kappa shape index (κ3) is 8.29. The van der Waals surface area contributed by atoms with Crippen LogP contribution in [-0.4, -0.2) is 64.3 Å². The van der Waals surface area contributed by atoms with Crippen molar-refractivity contribution in [3.05, 3.63) is 71.7 Å². The summed E-state index contributed by atoms with van der Waals surface area (Å²) in [6.45, 7) is 4.11. The molecule has 3 heterocycles. The number of likely N-dealkylation sites (N-methyl/N-ethyl adjacent to an activating group) is 1. The first-order valence-electron chi connectivity index (χ1n) is 13.3. The van der Waals surface area contributed by atoms with Gasteiger partial charge in [0.15, 0.2) is 0 Å². The summed E-state index contributed by atoms with van der Waals surface area (Å²) >= 11 is 0. The maximum atomic E-state index is 12.3. The molecule has 4 N–H and O–H groups in total. The summed E-state index contributed by atoms with van der Waals surface area (Å²) in [6, 6.07) is 14.0. The summed E-state index contributed by atoms with van der Waals surface area (Å²) in [5.74, 6) is 1.04. The minimum atomic E-state index is -1.18. The lowest BCUT2D eigenvalue weighted by atomic mass is 10.1. The molecule has 0 saturated heterocycles. The first-order chi connectivity index (χ1) is 19.0. The molecule has 206 valence electrons. The van der Waals surface area contributed by atoms with Crippen molar-refractivity contribution in [3.8, 4) is 0 Å². The lowest BCUT2D eigenvalue weighted by Gasteiger charge is -2.26. The Balaban J connectivity index is 1.27. The molecule has 2 aromatic heterocycles. The van der Waals surface area contributed by atoms with E-state index in [4.69, 9.17) is 9.72 Å². The molecule has 1 unspecified atom stereocenters. The molecule has 1 amide bonds. The summed E-state index contributed by atoms with van der Waals surface area (Å²) in [5.41, 5.74) is 3.15. The minimum absolute atomic E-state index is 0.0146. The molecule has 0 fully saturated rings. The number of carbonyl (C=O) groups excluding carboxylic acids is 1. The molecule has 0 radical (unpaired) electrons. The number of ether oxygens (including phenoxy) is 1. The maximum Gasteiger partial charge on any atom is 0.408 e. The highest BCUT2D eigenvalue weighted by molar-refractivity contribution is 5.80. The largest absolute Gasteiger partial charge is 0.480 e. The Bertz CT molecular complexity index is 1240. The Morgan fingerprint density at radius 1 is 1.18 bits per heavy atom. The van der Waals surface area contributed by atoms with Crippen molar-refractivity contribution in [2.45, 2.75) is 45.3 Å². The van der Waals surface area contributed by atoms with Gasteiger partial charge in [0, 0.05) is 31.4 Å². The van der Waals surface area contributed by atoms with Crippen molar-refractivity contribution in [2.24, 2.45) is 0 Å². The van der Waals surface area contributed by atoms with Crippen molar-refractivity contribution in [1.82, 2.24) is 20.3 Å². The van der Waals surface area contributed by atoms with Crippen LogP contribution in [0.25, 0.3) is 0 Å². The third-order valence-electron chi connectivity index (χ3n) is 6.43. The number of fused-ring (bicyclic) bond motifs is 1. The second-order valence-corrected chi connectivity index (χ2v) is 9.27. The number of aliphatic carboxylic acids is 1. The van der Waals surface area contributed by atoms with Gasteiger partial charge in [-0.1, -0.05) is 36.4 Å². The van der Waals surface area contributed by atoms with Crippen molar-refractivity contribution in [1.29, 1.82) is 0 Å². The highest BCUT2D eigenvalue weighted by atomic mass is 16.5. The first kappa shape index (κ1) is 27.6. The van der Waals surface area contributed by atoms with Crippen LogP contribution in [0.1, 0.15) is 36.6 Å². The second kappa shape index (κ2) is 13.9. The Morgan fingerprint density at radius 3 is 2.82 bits per heavy atom. The average Bonchev–Trinajstić information content (AvgIpc) is 2.97. The molecule has 0 aliphatic carbocycles. The van der Waals surface area contributed by atoms with E-state index in [0.717, 1.165) is 49.3 Å². The monoisotopic (exact) mass is 533 g/mol. The molecule has 1 aliphatic rings. The van der Waals surface area contributed by atoms with Gasteiger partial charge in [-0.25, -0.2) is 24.5 Å². The molecule has 11 nitrogen and oxygen atoms in total. The van der Waals surface area contributed by atoms with E-state index in [1.54, 1.807) is 11.0 Å². The molecule has 0 spiro atoms. The molecule has 1 aliphatic heterocycles. The number of amides is 1. The van der Waals surface area contributed by atoms with E-state index in [9.17, 15) is 14.7 Å². The van der Waals surface area contributed by atoms with E-state index in [2.05, 4.69) is 38.1 Å². The Labute approximate surface area is 228 Å². The van der Waals surface area contributed by atoms with Crippen LogP contribution in [0.2, 0.25) is 0 Å². The van der Waals surface area contributed by atoms with Gasteiger partial charge >= 0.3 is 12.1 Å². The molecular weight excluding hydrogens is 498 g/mol. The second-order valence-electron chi connectivity index (χ2n) is 9.27. The van der Waals surface area contributed by atoms with E-state index in [1.807, 2.05) is 37.3 Å². The highest BCUT2D eigenvalue weighted by Gasteiger charge is 2.24. The predicted molar refractivity (Wildman–Crippen MR) is 149 cm³/mol. The number of alkyl carbamates (subject to hydrolysis) is 1. The first-order valence-corrected chi connectivity index (χ1v) is 13.3. The normalized spacial score (nSPS) is 12.9. The fourth-order valence-electron chi connectivity index (χ4n) is 4.31. The number of hydrogen-bond donors (Lipinski definition) is 4. The van der Waals surface area contributed by atoms with Crippen molar-refractivity contribution < 1.29 is 19.4 Å². The molecule has 11 heteroatoms. The summed E-state index contributed by atoms with van der Waals surface area (Å²) in [5, 5.41) is 18.8. The topological polar surface area (TPSA) is 142 Å². The van der Waals surface area contributed by atoms with Gasteiger partial charge in [-0.15, -0.1) is 0 Å². The van der Waals surface area contributed by atoms with Crippen molar-refractivity contribution in [3.63, 3.8) is 0 Å². The van der Waals surface area contributed by atoms with Gasteiger partial charge in [-0.2, -0.15) is 0 Å². The summed E-state index contributed by atoms with van der Waals surface area (Å²) in [6.07, 6.45) is 4.57. The number of hydrogen-bond acceptors (Lipinski definition) is 9. The number of benzene rings is 1. The van der Waals surface area contributed by atoms with Gasteiger partial charge < -0.3 is 30.7 Å². The molecule has 3 aromatic rings. The van der Waals surface area contributed by atoms with Crippen LogP contribution in [0.5, 0.6) is 0 Å². The van der Waals surface area contributed by atoms with E-state index >= 15 is 0 Å². The average molecular weight is 534 g/mol. The fraction of sp³-hybridized carbons (Fsp3) is 0.393. The number of rotatable bonds is 13. The van der Waals surface area contributed by atoms with E-state index in [0.29, 0.717) is 24.7 Å². The van der Waals surface area contributed by atoms with E-state index in [1.165, 1.54) is 11.9 Å². The molecule has 39 heavy (non-hydrogen) atoms. The number of nitrogens with one attached hydrogen (secondary N) is 3. The number of aromatic nitrogens is 3. The zero-order valence-corrected chi connectivity index (χ0v) is 22.1. The number of pyridine rings is 1. The summed E-state index contributed by atoms with van der Waals surface area (Å²) in [7, 11) is 0. The molecule has 0 saturated carbocycles. The van der Waals surface area contributed by atoms with E-state index < -0.39 is 18.1 Å². The molecule has 1 aromatic carbocycles. The summed E-state index contributed by atoms with van der Waals surface area (Å²) < 4.78 is 5.19. The molecule has 0 bridgehead atoms. The highest BCUT2D eigenvalue weighted by Crippen LogP contribution is 2.20. The van der Waals surface area contributed by atoms with E-state index in [-0.39, 0.29) is 13.2 Å². The maximum absolute atomic E-state index is 12.3. The van der Waals surface area contributed by atoms with Gasteiger partial charge in [-0.3, -0.25) is 0 Å². The van der Waals surface area contributed by atoms with Gasteiger partial charge in [0.2, 0.25) is 0 Å². The Kier molecular flexibility index (Phi) is 9.87. The van der Waals surface area contributed by atoms with Crippen LogP contribution in [0.15, 0.2) is 54.9 Å². The number of carboxylic acid groups (broad SMARTS) is 1. The van der Waals surface area contributed by atoms with Crippen LogP contribution in [0.4, 0.5) is 22.2 Å². The zero-order valence-electron chi connectivity index (χ0n) is 22.1. The standard InChI is InChI=1S/C28H35N7O4/c1-2-35(17-23(27(36)37)34-28(38)39-18-20-8-4-3-5-9-20)25-16-24(31-19-32-25)29-14-7-11-22-13-12-21-10-6-15-30-26(21)33-22/h3-5,8-9,12-13,16,19,23H,2,6-7,10-11,14-15,17-18H2,1H3,(H,30,33)(H,34,38)(H,36,37)(H,29,31,32). The Morgan fingerprint density at radius 2 is 2.03 bits per heavy atom. The number of aryl methyl sites for hydroxylation is 2. The SMILES string of the molecule is CCN(CC(NC(=O)OCc1ccccc1)C(=O)O)c1cc(NCCCc2ccc3c(n2)NCCC3)ncn1. The van der Waals surface area contributed by atoms with Crippen LogP contribution in [-0.2, 0) is 29.0 Å².